The highest BCUT2D eigenvalue weighted by Gasteiger charge is 2.13. The van der Waals surface area contributed by atoms with Crippen molar-refractivity contribution >= 4 is 5.91 Å². The molecular weight excluding hydrogens is 340 g/mol. The molecule has 6 nitrogen and oxygen atoms in total. The summed E-state index contributed by atoms with van der Waals surface area (Å²) in [6.45, 7) is 4.85. The second kappa shape index (κ2) is 9.15. The molecule has 1 heterocycles. The highest BCUT2D eigenvalue weighted by Crippen LogP contribution is 2.15. The molecule has 6 heteroatoms. The highest BCUT2D eigenvalue weighted by atomic mass is 16.1. The minimum absolute atomic E-state index is 0.0573. The molecule has 0 aliphatic carbocycles. The number of hydrogen-bond donors (Lipinski definition) is 2. The number of rotatable bonds is 7. The Balaban J connectivity index is 2.01. The van der Waals surface area contributed by atoms with Gasteiger partial charge in [0.1, 0.15) is 11.6 Å². The molecule has 0 atom stereocenters. The van der Waals surface area contributed by atoms with E-state index in [1.807, 2.05) is 38.4 Å². The Morgan fingerprint density at radius 3 is 2.52 bits per heavy atom. The Morgan fingerprint density at radius 2 is 1.89 bits per heavy atom. The van der Waals surface area contributed by atoms with Gasteiger partial charge in [-0.05, 0) is 56.6 Å². The minimum Gasteiger partial charge on any atom is -0.352 e. The van der Waals surface area contributed by atoms with Crippen LogP contribution in [0.5, 0.6) is 0 Å². The normalized spacial score (nSPS) is 10.7. The molecule has 27 heavy (non-hydrogen) atoms. The first-order valence-corrected chi connectivity index (χ1v) is 8.94. The molecule has 1 amide bonds. The number of nitrogens with one attached hydrogen (secondary N) is 2. The highest BCUT2D eigenvalue weighted by molar-refractivity contribution is 5.76. The van der Waals surface area contributed by atoms with Crippen LogP contribution >= 0.6 is 0 Å². The first-order chi connectivity index (χ1) is 12.8. The van der Waals surface area contributed by atoms with Gasteiger partial charge in [0.05, 0.1) is 0 Å². The molecule has 0 fully saturated rings. The van der Waals surface area contributed by atoms with Crippen LogP contribution in [0.25, 0.3) is 0 Å². The summed E-state index contributed by atoms with van der Waals surface area (Å²) in [4.78, 5) is 28.9. The van der Waals surface area contributed by atoms with Crippen LogP contribution in [0, 0.1) is 25.2 Å². The van der Waals surface area contributed by atoms with Gasteiger partial charge >= 0.3 is 0 Å². The molecule has 2 rings (SSSR count). The van der Waals surface area contributed by atoms with Crippen LogP contribution in [0.3, 0.4) is 0 Å². The summed E-state index contributed by atoms with van der Waals surface area (Å²) in [6, 6.07) is 10.00. The fourth-order valence-corrected chi connectivity index (χ4v) is 3.17. The summed E-state index contributed by atoms with van der Waals surface area (Å²) in [6.07, 6.45) is 0.781. The number of amides is 1. The number of benzene rings is 1. The van der Waals surface area contributed by atoms with E-state index in [9.17, 15) is 9.59 Å². The summed E-state index contributed by atoms with van der Waals surface area (Å²) >= 11 is 0. The van der Waals surface area contributed by atoms with Crippen molar-refractivity contribution in [2.45, 2.75) is 39.8 Å². The van der Waals surface area contributed by atoms with E-state index in [0.29, 0.717) is 30.6 Å². The van der Waals surface area contributed by atoms with Gasteiger partial charge < -0.3 is 15.2 Å². The number of carbonyl (C=O) groups is 1. The van der Waals surface area contributed by atoms with Gasteiger partial charge in [0.15, 0.2) is 0 Å². The van der Waals surface area contributed by atoms with Gasteiger partial charge in [0, 0.05) is 25.2 Å². The van der Waals surface area contributed by atoms with Crippen molar-refractivity contribution in [1.82, 2.24) is 15.2 Å². The zero-order valence-corrected chi connectivity index (χ0v) is 16.3. The fourth-order valence-electron chi connectivity index (χ4n) is 3.17. The van der Waals surface area contributed by atoms with Gasteiger partial charge in [-0.2, -0.15) is 5.26 Å². The molecule has 0 aliphatic rings. The summed E-state index contributed by atoms with van der Waals surface area (Å²) in [5.74, 6) is -0.0573. The lowest BCUT2D eigenvalue weighted by Gasteiger charge is -2.15. The second-order valence-electron chi connectivity index (χ2n) is 6.95. The van der Waals surface area contributed by atoms with Gasteiger partial charge in [-0.15, -0.1) is 0 Å². The number of nitrogens with zero attached hydrogens (tertiary/aromatic N) is 2. The zero-order chi connectivity index (χ0) is 20.0. The number of aromatic nitrogens is 1. The maximum atomic E-state index is 12.3. The number of aryl methyl sites for hydroxylation is 1. The number of nitriles is 1. The van der Waals surface area contributed by atoms with Gasteiger partial charge in [-0.25, -0.2) is 0 Å². The van der Waals surface area contributed by atoms with E-state index >= 15 is 0 Å². The van der Waals surface area contributed by atoms with Crippen molar-refractivity contribution in [1.29, 1.82) is 5.26 Å². The van der Waals surface area contributed by atoms with Crippen LogP contribution in [0.2, 0.25) is 0 Å². The van der Waals surface area contributed by atoms with Crippen LogP contribution in [0.15, 0.2) is 29.1 Å². The molecule has 0 spiro atoms. The third-order valence-electron chi connectivity index (χ3n) is 4.60. The average molecular weight is 366 g/mol. The predicted molar refractivity (Wildman–Crippen MR) is 105 cm³/mol. The van der Waals surface area contributed by atoms with Crippen LogP contribution in [0.4, 0.5) is 0 Å². The van der Waals surface area contributed by atoms with Crippen LogP contribution in [-0.4, -0.2) is 29.9 Å². The molecule has 0 aliphatic heterocycles. The minimum atomic E-state index is -0.377. The zero-order valence-electron chi connectivity index (χ0n) is 16.3. The Kier molecular flexibility index (Phi) is 6.91. The summed E-state index contributed by atoms with van der Waals surface area (Å²) in [5, 5.41) is 12.1. The molecule has 1 aromatic heterocycles. The van der Waals surface area contributed by atoms with Gasteiger partial charge in [-0.3, -0.25) is 9.59 Å². The molecule has 0 unspecified atom stereocenters. The first kappa shape index (κ1) is 20.4. The van der Waals surface area contributed by atoms with Crippen molar-refractivity contribution in [3.63, 3.8) is 0 Å². The van der Waals surface area contributed by atoms with Crippen molar-refractivity contribution in [2.24, 2.45) is 0 Å². The van der Waals surface area contributed by atoms with E-state index in [1.54, 1.807) is 13.8 Å². The Labute approximate surface area is 159 Å². The van der Waals surface area contributed by atoms with Crippen LogP contribution < -0.4 is 10.9 Å². The molecule has 1 aromatic carbocycles. The maximum absolute atomic E-state index is 12.3. The van der Waals surface area contributed by atoms with Crippen molar-refractivity contribution in [2.75, 3.05) is 14.1 Å². The number of hydrogen-bond acceptors (Lipinski definition) is 4. The Morgan fingerprint density at radius 1 is 1.22 bits per heavy atom. The monoisotopic (exact) mass is 366 g/mol. The van der Waals surface area contributed by atoms with Gasteiger partial charge in [0.25, 0.3) is 5.56 Å². The second-order valence-corrected chi connectivity index (χ2v) is 6.95. The number of carbonyl (C=O) groups excluding carboxylic acids is 1. The van der Waals surface area contributed by atoms with E-state index in [-0.39, 0.29) is 17.0 Å². The molecule has 2 aromatic rings. The molecule has 0 saturated heterocycles. The average Bonchev–Trinajstić information content (AvgIpc) is 2.60. The summed E-state index contributed by atoms with van der Waals surface area (Å²) < 4.78 is 0. The van der Waals surface area contributed by atoms with Crippen molar-refractivity contribution < 1.29 is 4.79 Å². The number of aromatic amines is 1. The topological polar surface area (TPSA) is 89.0 Å². The largest absolute Gasteiger partial charge is 0.352 e. The number of H-pyrrole nitrogens is 1. The lowest BCUT2D eigenvalue weighted by atomic mass is 9.99. The molecule has 0 saturated carbocycles. The molecule has 0 radical (unpaired) electrons. The predicted octanol–water partition coefficient (Wildman–Crippen LogP) is 2.17. The third kappa shape index (κ3) is 5.28. The van der Waals surface area contributed by atoms with Crippen LogP contribution in [0.1, 0.15) is 39.9 Å². The molecule has 2 N–H and O–H groups in total. The molecule has 142 valence electrons. The van der Waals surface area contributed by atoms with E-state index in [1.165, 1.54) is 5.56 Å². The van der Waals surface area contributed by atoms with E-state index < -0.39 is 0 Å². The smallest absolute Gasteiger partial charge is 0.266 e. The summed E-state index contributed by atoms with van der Waals surface area (Å²) in [7, 11) is 4.03. The molecule has 0 bridgehead atoms. The third-order valence-corrected chi connectivity index (χ3v) is 4.60. The van der Waals surface area contributed by atoms with Crippen molar-refractivity contribution in [3.05, 3.63) is 68.1 Å². The van der Waals surface area contributed by atoms with E-state index in [0.717, 1.165) is 17.7 Å². The maximum Gasteiger partial charge on any atom is 0.266 e. The molecular formula is C21H26N4O2. The SMILES string of the molecule is Cc1[nH]c(=O)c(C#N)c(C)c1CCC(=O)NCc1ccccc1CN(C)C. The lowest BCUT2D eigenvalue weighted by molar-refractivity contribution is -0.121. The Bertz CT molecular complexity index is 923. The Hall–Kier alpha value is -2.91. The lowest BCUT2D eigenvalue weighted by Crippen LogP contribution is -2.25. The quantitative estimate of drug-likeness (QED) is 0.786. The standard InChI is InChI=1S/C21H26N4O2/c1-14-18(15(2)24-21(27)19(14)11-22)9-10-20(26)23-12-16-7-5-6-8-17(16)13-25(3)4/h5-8H,9-10,12-13H2,1-4H3,(H,23,26)(H,24,27). The van der Waals surface area contributed by atoms with Gasteiger partial charge in [-0.1, -0.05) is 24.3 Å². The summed E-state index contributed by atoms with van der Waals surface area (Å²) in [5.41, 5.74) is 4.25. The van der Waals surface area contributed by atoms with E-state index in [4.69, 9.17) is 5.26 Å². The fraction of sp³-hybridized carbons (Fsp3) is 0.381. The number of pyridine rings is 1. The van der Waals surface area contributed by atoms with E-state index in [2.05, 4.69) is 21.3 Å². The van der Waals surface area contributed by atoms with Crippen molar-refractivity contribution in [3.8, 4) is 6.07 Å². The first-order valence-electron chi connectivity index (χ1n) is 8.94. The van der Waals surface area contributed by atoms with Gasteiger partial charge in [0.2, 0.25) is 5.91 Å². The van der Waals surface area contributed by atoms with Crippen LogP contribution in [-0.2, 0) is 24.3 Å².